The van der Waals surface area contributed by atoms with E-state index in [-0.39, 0.29) is 4.90 Å². The fourth-order valence-corrected chi connectivity index (χ4v) is 4.35. The van der Waals surface area contributed by atoms with Crippen molar-refractivity contribution in [3.63, 3.8) is 0 Å². The second-order valence-corrected chi connectivity index (χ2v) is 8.25. The van der Waals surface area contributed by atoms with Gasteiger partial charge in [-0.1, -0.05) is 40.5 Å². The van der Waals surface area contributed by atoms with Crippen molar-refractivity contribution in [2.24, 2.45) is 0 Å². The van der Waals surface area contributed by atoms with Gasteiger partial charge in [0.25, 0.3) is 10.0 Å². The molecule has 0 bridgehead atoms. The first kappa shape index (κ1) is 17.8. The molecule has 0 aliphatic heterocycles. The Morgan fingerprint density at radius 1 is 1.15 bits per heavy atom. The Kier molecular flexibility index (Phi) is 4.33. The largest absolute Gasteiger partial charge is 0.358 e. The quantitative estimate of drug-likeness (QED) is 0.498. The van der Waals surface area contributed by atoms with Crippen molar-refractivity contribution in [1.29, 1.82) is 0 Å². The van der Waals surface area contributed by atoms with Crippen molar-refractivity contribution in [2.75, 3.05) is 4.72 Å². The molecule has 4 aromatic rings. The summed E-state index contributed by atoms with van der Waals surface area (Å²) in [4.78, 5) is 7.11. The second-order valence-electron chi connectivity index (χ2n) is 5.75. The minimum atomic E-state index is -3.87. The number of hydrogen-bond acceptors (Lipinski definition) is 5. The normalized spacial score (nSPS) is 11.8. The van der Waals surface area contributed by atoms with Gasteiger partial charge in [0.05, 0.1) is 26.1 Å². The molecule has 10 heteroatoms. The lowest BCUT2D eigenvalue weighted by Crippen LogP contribution is -2.13. The Morgan fingerprint density at radius 3 is 2.70 bits per heavy atom. The van der Waals surface area contributed by atoms with Crippen LogP contribution < -0.4 is 4.72 Å². The van der Waals surface area contributed by atoms with E-state index in [1.54, 1.807) is 37.4 Å². The molecule has 0 radical (unpaired) electrons. The topological polar surface area (TPSA) is 101 Å². The highest BCUT2D eigenvalue weighted by molar-refractivity contribution is 7.92. The van der Waals surface area contributed by atoms with Crippen molar-refractivity contribution in [1.82, 2.24) is 15.1 Å². The van der Waals surface area contributed by atoms with Gasteiger partial charge in [-0.3, -0.25) is 4.72 Å². The van der Waals surface area contributed by atoms with Crippen LogP contribution in [0.1, 0.15) is 5.89 Å². The van der Waals surface area contributed by atoms with Gasteiger partial charge in [0.15, 0.2) is 0 Å². The highest BCUT2D eigenvalue weighted by Gasteiger charge is 2.19. The molecule has 2 heterocycles. The van der Waals surface area contributed by atoms with Crippen molar-refractivity contribution < 1.29 is 12.9 Å². The SMILES string of the molecule is Cc1nc(-c2cccc(S(=O)(=O)Nc3ccc(Cl)c4c(Cl)c[nH]c34)c2)no1. The number of aromatic nitrogens is 3. The third-order valence-electron chi connectivity index (χ3n) is 3.91. The average Bonchev–Trinajstić information content (AvgIpc) is 3.24. The summed E-state index contributed by atoms with van der Waals surface area (Å²) in [6.45, 7) is 1.66. The lowest BCUT2D eigenvalue weighted by atomic mass is 10.2. The predicted octanol–water partition coefficient (Wildman–Crippen LogP) is 4.63. The van der Waals surface area contributed by atoms with Gasteiger partial charge in [-0.2, -0.15) is 4.98 Å². The minimum absolute atomic E-state index is 0.0585. The van der Waals surface area contributed by atoms with Crippen LogP contribution in [0.4, 0.5) is 5.69 Å². The maximum atomic E-state index is 12.9. The number of aryl methyl sites for hydroxylation is 1. The van der Waals surface area contributed by atoms with Gasteiger partial charge in [0.1, 0.15) is 0 Å². The molecule has 0 aliphatic rings. The molecule has 2 N–H and O–H groups in total. The van der Waals surface area contributed by atoms with Crippen molar-refractivity contribution >= 4 is 49.8 Å². The number of benzene rings is 2. The maximum absolute atomic E-state index is 12.9. The van der Waals surface area contributed by atoms with Crippen molar-refractivity contribution in [2.45, 2.75) is 11.8 Å². The lowest BCUT2D eigenvalue weighted by Gasteiger charge is -2.10. The van der Waals surface area contributed by atoms with E-state index < -0.39 is 10.0 Å². The van der Waals surface area contributed by atoms with Crippen LogP contribution in [0, 0.1) is 6.92 Å². The Labute approximate surface area is 164 Å². The number of rotatable bonds is 4. The Morgan fingerprint density at radius 2 is 1.96 bits per heavy atom. The molecule has 2 aromatic heterocycles. The Hall–Kier alpha value is -2.55. The molecule has 0 atom stereocenters. The van der Waals surface area contributed by atoms with E-state index in [0.717, 1.165) is 0 Å². The monoisotopic (exact) mass is 422 g/mol. The van der Waals surface area contributed by atoms with E-state index in [1.807, 2.05) is 0 Å². The highest BCUT2D eigenvalue weighted by Crippen LogP contribution is 2.35. The summed E-state index contributed by atoms with van der Waals surface area (Å²) in [7, 11) is -3.87. The number of sulfonamides is 1. The summed E-state index contributed by atoms with van der Waals surface area (Å²) in [5.74, 6) is 0.707. The zero-order valence-electron chi connectivity index (χ0n) is 13.8. The van der Waals surface area contributed by atoms with Gasteiger partial charge in [-0.15, -0.1) is 0 Å². The first-order valence-electron chi connectivity index (χ1n) is 7.74. The number of anilines is 1. The van der Waals surface area contributed by atoms with E-state index in [9.17, 15) is 8.42 Å². The molecular weight excluding hydrogens is 411 g/mol. The third kappa shape index (κ3) is 3.27. The molecule has 0 saturated heterocycles. The number of nitrogens with one attached hydrogen (secondary N) is 2. The lowest BCUT2D eigenvalue weighted by molar-refractivity contribution is 0.394. The van der Waals surface area contributed by atoms with E-state index in [0.29, 0.717) is 43.9 Å². The predicted molar refractivity (Wildman–Crippen MR) is 104 cm³/mol. The van der Waals surface area contributed by atoms with Gasteiger partial charge < -0.3 is 9.51 Å². The number of halogens is 2. The molecule has 0 aliphatic carbocycles. The molecule has 0 spiro atoms. The summed E-state index contributed by atoms with van der Waals surface area (Å²) >= 11 is 12.3. The van der Waals surface area contributed by atoms with E-state index >= 15 is 0 Å². The second kappa shape index (κ2) is 6.56. The molecule has 0 fully saturated rings. The fraction of sp³-hybridized carbons (Fsp3) is 0.0588. The Balaban J connectivity index is 1.74. The number of fused-ring (bicyclic) bond motifs is 1. The van der Waals surface area contributed by atoms with Crippen LogP contribution in [0.25, 0.3) is 22.3 Å². The van der Waals surface area contributed by atoms with Crippen LogP contribution >= 0.6 is 23.2 Å². The van der Waals surface area contributed by atoms with E-state index in [1.165, 1.54) is 12.1 Å². The van der Waals surface area contributed by atoms with Crippen LogP contribution in [0.5, 0.6) is 0 Å². The third-order valence-corrected chi connectivity index (χ3v) is 5.89. The maximum Gasteiger partial charge on any atom is 0.261 e. The molecule has 27 heavy (non-hydrogen) atoms. The summed E-state index contributed by atoms with van der Waals surface area (Å²) in [5, 5.41) is 5.19. The summed E-state index contributed by atoms with van der Waals surface area (Å²) < 4.78 is 33.2. The first-order valence-corrected chi connectivity index (χ1v) is 9.98. The number of aromatic amines is 1. The molecule has 0 saturated carbocycles. The molecule has 7 nitrogen and oxygen atoms in total. The smallest absolute Gasteiger partial charge is 0.261 e. The van der Waals surface area contributed by atoms with Crippen LogP contribution in [-0.4, -0.2) is 23.5 Å². The van der Waals surface area contributed by atoms with Gasteiger partial charge in [-0.25, -0.2) is 8.42 Å². The van der Waals surface area contributed by atoms with Crippen LogP contribution in [0.3, 0.4) is 0 Å². The van der Waals surface area contributed by atoms with Crippen molar-refractivity contribution in [3.05, 3.63) is 58.5 Å². The van der Waals surface area contributed by atoms with Gasteiger partial charge in [0, 0.05) is 24.1 Å². The summed E-state index contributed by atoms with van der Waals surface area (Å²) in [5.41, 5.74) is 1.36. The molecule has 2 aromatic carbocycles. The van der Waals surface area contributed by atoms with Gasteiger partial charge >= 0.3 is 0 Å². The summed E-state index contributed by atoms with van der Waals surface area (Å²) in [6, 6.07) is 9.42. The van der Waals surface area contributed by atoms with Crippen LogP contribution in [0.2, 0.25) is 10.0 Å². The number of H-pyrrole nitrogens is 1. The fourth-order valence-electron chi connectivity index (χ4n) is 2.68. The average molecular weight is 423 g/mol. The van der Waals surface area contributed by atoms with E-state index in [2.05, 4.69) is 19.8 Å². The Bertz CT molecular complexity index is 1260. The van der Waals surface area contributed by atoms with Gasteiger partial charge in [-0.05, 0) is 24.3 Å². The molecular formula is C17H12Cl2N4O3S. The standard InChI is InChI=1S/C17H12Cl2N4O3S/c1-9-21-17(22-26-9)10-3-2-4-11(7-10)27(24,25)23-14-6-5-12(18)15-13(19)8-20-16(14)15/h2-8,20,23H,1H3. The van der Waals surface area contributed by atoms with Crippen molar-refractivity contribution in [3.8, 4) is 11.4 Å². The van der Waals surface area contributed by atoms with E-state index in [4.69, 9.17) is 27.7 Å². The van der Waals surface area contributed by atoms with Crippen LogP contribution in [0.15, 0.2) is 52.0 Å². The minimum Gasteiger partial charge on any atom is -0.358 e. The number of hydrogen-bond donors (Lipinski definition) is 2. The number of nitrogens with zero attached hydrogens (tertiary/aromatic N) is 2. The molecule has 4 rings (SSSR count). The molecule has 0 unspecified atom stereocenters. The highest BCUT2D eigenvalue weighted by atomic mass is 35.5. The van der Waals surface area contributed by atoms with Gasteiger partial charge in [0.2, 0.25) is 11.7 Å². The summed E-state index contributed by atoms with van der Waals surface area (Å²) in [6.07, 6.45) is 1.55. The first-order chi connectivity index (χ1) is 12.8. The van der Waals surface area contributed by atoms with Crippen LogP contribution in [-0.2, 0) is 10.0 Å². The molecule has 0 amide bonds. The molecule has 138 valence electrons. The zero-order valence-corrected chi connectivity index (χ0v) is 16.2. The zero-order chi connectivity index (χ0) is 19.2.